The van der Waals surface area contributed by atoms with Gasteiger partial charge in [0.2, 0.25) is 0 Å². The van der Waals surface area contributed by atoms with E-state index in [0.717, 1.165) is 22.3 Å². The van der Waals surface area contributed by atoms with Gasteiger partial charge in [-0.15, -0.1) is 0 Å². The normalized spacial score (nSPS) is 13.1. The number of carbonyl (C=O) groups excluding carboxylic acids is 1. The van der Waals surface area contributed by atoms with Crippen LogP contribution in [0.5, 0.6) is 5.75 Å². The fraction of sp³-hybridized carbons (Fsp3) is 0.304. The smallest absolute Gasteiger partial charge is 0.136 e. The lowest BCUT2D eigenvalue weighted by Crippen LogP contribution is -2.36. The summed E-state index contributed by atoms with van der Waals surface area (Å²) in [6.45, 7) is 5.92. The first-order chi connectivity index (χ1) is 13.4. The molecule has 0 saturated heterocycles. The van der Waals surface area contributed by atoms with Crippen molar-refractivity contribution < 1.29 is 19.1 Å². The van der Waals surface area contributed by atoms with E-state index >= 15 is 0 Å². The van der Waals surface area contributed by atoms with E-state index in [1.165, 1.54) is 0 Å². The zero-order valence-electron chi connectivity index (χ0n) is 16.6. The molecule has 2 aromatic carbocycles. The topological polar surface area (TPSA) is 74.9 Å². The van der Waals surface area contributed by atoms with Crippen LogP contribution in [0.15, 0.2) is 57.9 Å². The molecule has 0 N–H and O–H groups in total. The van der Waals surface area contributed by atoms with Crippen LogP contribution in [0.4, 0.5) is 0 Å². The third-order valence-corrected chi connectivity index (χ3v) is 4.53. The number of benzene rings is 2. The molecule has 0 aliphatic rings. The van der Waals surface area contributed by atoms with Crippen molar-refractivity contribution in [3.63, 3.8) is 0 Å². The van der Waals surface area contributed by atoms with Crippen LogP contribution in [0.25, 0.3) is 22.3 Å². The lowest BCUT2D eigenvalue weighted by Gasteiger charge is -2.16. The van der Waals surface area contributed by atoms with Crippen LogP contribution in [-0.2, 0) is 4.79 Å². The largest absolute Gasteiger partial charge is 0.548 e. The van der Waals surface area contributed by atoms with Gasteiger partial charge >= 0.3 is 0 Å². The summed E-state index contributed by atoms with van der Waals surface area (Å²) in [5, 5.41) is 13.0. The van der Waals surface area contributed by atoms with Gasteiger partial charge in [0.1, 0.15) is 17.1 Å². The molecule has 0 fully saturated rings. The second kappa shape index (κ2) is 8.30. The number of rotatable bonds is 6. The lowest BCUT2D eigenvalue weighted by molar-refractivity contribution is -0.307. The van der Waals surface area contributed by atoms with Gasteiger partial charge in [0, 0.05) is 17.0 Å². The number of hydrogen-bond donors (Lipinski definition) is 0. The highest BCUT2D eigenvalue weighted by atomic mass is 16.5. The second-order valence-corrected chi connectivity index (χ2v) is 7.32. The van der Waals surface area contributed by atoms with Crippen LogP contribution in [0.2, 0.25) is 0 Å². The van der Waals surface area contributed by atoms with Crippen LogP contribution in [0.1, 0.15) is 25.8 Å². The number of fused-ring (bicyclic) bond motifs is 1. The summed E-state index contributed by atoms with van der Waals surface area (Å²) in [5.41, 5.74) is 2.55. The average Bonchev–Trinajstić information content (AvgIpc) is 2.67. The molecule has 146 valence electrons. The fourth-order valence-corrected chi connectivity index (χ4v) is 3.10. The minimum absolute atomic E-state index is 0.189. The summed E-state index contributed by atoms with van der Waals surface area (Å²) < 4.78 is 11.3. The molecule has 0 radical (unpaired) electrons. The number of carbonyl (C=O) groups is 1. The number of aliphatic carboxylic acids is 1. The molecule has 0 spiro atoms. The van der Waals surface area contributed by atoms with Crippen LogP contribution < -0.4 is 15.2 Å². The van der Waals surface area contributed by atoms with Crippen molar-refractivity contribution in [2.24, 2.45) is 10.9 Å². The Labute approximate surface area is 164 Å². The molecule has 28 heavy (non-hydrogen) atoms. The molecule has 0 aliphatic heterocycles. The summed E-state index contributed by atoms with van der Waals surface area (Å²) >= 11 is 0. The maximum atomic E-state index is 11.6. The first-order valence-corrected chi connectivity index (χ1v) is 9.31. The van der Waals surface area contributed by atoms with Gasteiger partial charge in [-0.2, -0.15) is 0 Å². The third kappa shape index (κ3) is 4.42. The molecule has 0 amide bonds. The standard InChI is InChI=1S/C23H25NO4/c1-14(2)11-20(23(25)26)24-19-13-22(16-6-8-17(27-4)9-7-16)28-21-10-5-15(3)12-18(19)21/h5-10,12-14,20H,11H2,1-4H3,(H,25,26)/p-1/t20-/m0/s1. The van der Waals surface area contributed by atoms with Crippen LogP contribution >= 0.6 is 0 Å². The van der Waals surface area contributed by atoms with Crippen LogP contribution in [-0.4, -0.2) is 19.1 Å². The predicted molar refractivity (Wildman–Crippen MR) is 107 cm³/mol. The molecular formula is C23H24NO4-. The van der Waals surface area contributed by atoms with E-state index < -0.39 is 12.0 Å². The fourth-order valence-electron chi connectivity index (χ4n) is 3.10. The van der Waals surface area contributed by atoms with Gasteiger partial charge in [-0.1, -0.05) is 25.5 Å². The van der Waals surface area contributed by atoms with E-state index in [1.54, 1.807) is 13.2 Å². The van der Waals surface area contributed by atoms with Crippen molar-refractivity contribution >= 4 is 16.9 Å². The maximum Gasteiger partial charge on any atom is 0.136 e. The molecule has 5 nitrogen and oxygen atoms in total. The van der Waals surface area contributed by atoms with Crippen molar-refractivity contribution in [1.82, 2.24) is 0 Å². The average molecular weight is 378 g/mol. The molecule has 1 atom stereocenters. The summed E-state index contributed by atoms with van der Waals surface area (Å²) in [6, 6.07) is 14.2. The Morgan fingerprint density at radius 2 is 1.86 bits per heavy atom. The van der Waals surface area contributed by atoms with E-state index in [2.05, 4.69) is 4.99 Å². The maximum absolute atomic E-state index is 11.6. The van der Waals surface area contributed by atoms with Gasteiger partial charge in [0.05, 0.1) is 24.5 Å². The Kier molecular flexibility index (Phi) is 5.83. The summed E-state index contributed by atoms with van der Waals surface area (Å²) in [4.78, 5) is 16.2. The van der Waals surface area contributed by atoms with Crippen molar-refractivity contribution in [2.75, 3.05) is 7.11 Å². The van der Waals surface area contributed by atoms with Gasteiger partial charge in [0.15, 0.2) is 0 Å². The van der Waals surface area contributed by atoms with Crippen LogP contribution in [0.3, 0.4) is 0 Å². The quantitative estimate of drug-likeness (QED) is 0.658. The summed E-state index contributed by atoms with van der Waals surface area (Å²) in [5.74, 6) is 0.383. The minimum Gasteiger partial charge on any atom is -0.548 e. The number of carboxylic acid groups (broad SMARTS) is 1. The van der Waals surface area contributed by atoms with Crippen LogP contribution in [0, 0.1) is 12.8 Å². The third-order valence-electron chi connectivity index (χ3n) is 4.53. The number of carboxylic acids is 1. The molecule has 0 saturated carbocycles. The van der Waals surface area contributed by atoms with Gasteiger partial charge in [-0.05, 0) is 55.7 Å². The number of methoxy groups -OCH3 is 1. The Hall–Kier alpha value is -3.08. The molecule has 3 aromatic rings. The van der Waals surface area contributed by atoms with Gasteiger partial charge < -0.3 is 19.1 Å². The van der Waals surface area contributed by atoms with E-state index in [4.69, 9.17) is 9.15 Å². The Morgan fingerprint density at radius 1 is 1.14 bits per heavy atom. The second-order valence-electron chi connectivity index (χ2n) is 7.32. The molecule has 0 bridgehead atoms. The van der Waals surface area contributed by atoms with Crippen molar-refractivity contribution in [2.45, 2.75) is 33.2 Å². The van der Waals surface area contributed by atoms with E-state index in [-0.39, 0.29) is 5.92 Å². The monoisotopic (exact) mass is 378 g/mol. The van der Waals surface area contributed by atoms with E-state index in [1.807, 2.05) is 63.2 Å². The number of ether oxygens (including phenoxy) is 1. The van der Waals surface area contributed by atoms with E-state index in [0.29, 0.717) is 23.1 Å². The van der Waals surface area contributed by atoms with Gasteiger partial charge in [0.25, 0.3) is 0 Å². The van der Waals surface area contributed by atoms with Crippen molar-refractivity contribution in [1.29, 1.82) is 0 Å². The first kappa shape index (κ1) is 19.7. The number of aryl methyl sites for hydroxylation is 1. The van der Waals surface area contributed by atoms with Gasteiger partial charge in [-0.25, -0.2) is 0 Å². The summed E-state index contributed by atoms with van der Waals surface area (Å²) in [7, 11) is 1.61. The molecule has 1 aromatic heterocycles. The van der Waals surface area contributed by atoms with Crippen molar-refractivity contribution in [3.8, 4) is 17.1 Å². The highest BCUT2D eigenvalue weighted by Gasteiger charge is 2.12. The molecule has 1 heterocycles. The first-order valence-electron chi connectivity index (χ1n) is 9.31. The SMILES string of the molecule is COc1ccc(-c2cc(=N[C@@H](CC(C)C)C(=O)[O-])c3cc(C)ccc3o2)cc1. The predicted octanol–water partition coefficient (Wildman–Crippen LogP) is 3.48. The summed E-state index contributed by atoms with van der Waals surface area (Å²) in [6.07, 6.45) is 0.416. The Morgan fingerprint density at radius 3 is 2.46 bits per heavy atom. The minimum atomic E-state index is -1.17. The zero-order chi connectivity index (χ0) is 20.3. The molecular weight excluding hydrogens is 354 g/mol. The molecule has 5 heteroatoms. The van der Waals surface area contributed by atoms with Gasteiger partial charge in [-0.3, -0.25) is 4.99 Å². The highest BCUT2D eigenvalue weighted by Crippen LogP contribution is 2.25. The number of nitrogens with zero attached hydrogens (tertiary/aromatic N) is 1. The molecule has 0 unspecified atom stereocenters. The molecule has 0 aliphatic carbocycles. The lowest BCUT2D eigenvalue weighted by atomic mass is 10.0. The molecule has 3 rings (SSSR count). The van der Waals surface area contributed by atoms with E-state index in [9.17, 15) is 9.90 Å². The highest BCUT2D eigenvalue weighted by molar-refractivity contribution is 5.79. The Bertz CT molecular complexity index is 1050. The number of hydrogen-bond acceptors (Lipinski definition) is 5. The van der Waals surface area contributed by atoms with Crippen molar-refractivity contribution in [3.05, 3.63) is 59.5 Å². The zero-order valence-corrected chi connectivity index (χ0v) is 16.6. The Balaban J connectivity index is 2.22.